The Balaban J connectivity index is 1.14. The van der Waals surface area contributed by atoms with Gasteiger partial charge in [-0.1, -0.05) is 133 Å². The first-order chi connectivity index (χ1) is 30.7. The summed E-state index contributed by atoms with van der Waals surface area (Å²) in [7, 11) is 0. The first-order valence-electron chi connectivity index (χ1n) is 21.1. The molecule has 0 spiro atoms. The molecule has 15 aromatic rings. The van der Waals surface area contributed by atoms with E-state index in [1.165, 1.54) is 94.6 Å². The number of furan rings is 2. The monoisotopic (exact) mass is 822 g/mol. The van der Waals surface area contributed by atoms with Crippen molar-refractivity contribution in [2.75, 3.05) is 0 Å². The van der Waals surface area contributed by atoms with Gasteiger partial charge < -0.3 is 8.83 Å². The normalized spacial score (nSPS) is 12.5. The second-order valence-electron chi connectivity index (χ2n) is 16.6. The highest BCUT2D eigenvalue weighted by molar-refractivity contribution is 7.27. The predicted molar refractivity (Wildman–Crippen MR) is 268 cm³/mol. The van der Waals surface area contributed by atoms with Gasteiger partial charge in [-0.05, 0) is 92.0 Å². The molecule has 4 heterocycles. The highest BCUT2D eigenvalue weighted by atomic mass is 32.1. The zero-order chi connectivity index (χ0) is 40.2. The highest BCUT2D eigenvalue weighted by Gasteiger charge is 2.22. The Morgan fingerprint density at radius 2 is 0.677 bits per heavy atom. The third-order valence-electron chi connectivity index (χ3n) is 13.4. The van der Waals surface area contributed by atoms with E-state index in [-0.39, 0.29) is 0 Å². The van der Waals surface area contributed by atoms with E-state index in [2.05, 4.69) is 182 Å². The molecule has 0 aliphatic heterocycles. The molecule has 4 heteroatoms. The molecule has 0 saturated carbocycles. The summed E-state index contributed by atoms with van der Waals surface area (Å²) in [5.41, 5.74) is 8.24. The Labute approximate surface area is 361 Å². The Morgan fingerprint density at radius 1 is 0.274 bits per heavy atom. The molecular weight excluding hydrogens is 793 g/mol. The molecule has 2 nitrogen and oxygen atoms in total. The number of benzene rings is 11. The molecule has 0 N–H and O–H groups in total. The third-order valence-corrected chi connectivity index (χ3v) is 15.8. The van der Waals surface area contributed by atoms with Gasteiger partial charge in [0, 0.05) is 83.8 Å². The van der Waals surface area contributed by atoms with Gasteiger partial charge in [0.15, 0.2) is 0 Å². The Kier molecular flexibility index (Phi) is 6.48. The fourth-order valence-electron chi connectivity index (χ4n) is 10.7. The minimum absolute atomic E-state index is 0.908. The van der Waals surface area contributed by atoms with E-state index in [0.717, 1.165) is 55.0 Å². The number of hydrogen-bond acceptors (Lipinski definition) is 4. The van der Waals surface area contributed by atoms with E-state index in [0.29, 0.717) is 0 Å². The highest BCUT2D eigenvalue weighted by Crippen LogP contribution is 2.50. The van der Waals surface area contributed by atoms with Crippen LogP contribution >= 0.6 is 22.7 Å². The molecule has 0 fully saturated rings. The lowest BCUT2D eigenvalue weighted by molar-refractivity contribution is 0.669. The van der Waals surface area contributed by atoms with E-state index in [1.807, 2.05) is 22.7 Å². The summed E-state index contributed by atoms with van der Waals surface area (Å²) < 4.78 is 18.7. The van der Waals surface area contributed by atoms with E-state index in [9.17, 15) is 0 Å². The van der Waals surface area contributed by atoms with Crippen LogP contribution in [-0.4, -0.2) is 0 Å². The van der Waals surface area contributed by atoms with Crippen LogP contribution in [0.5, 0.6) is 0 Å². The van der Waals surface area contributed by atoms with Crippen molar-refractivity contribution in [2.45, 2.75) is 0 Å². The average Bonchev–Trinajstić information content (AvgIpc) is 4.10. The topological polar surface area (TPSA) is 26.3 Å². The van der Waals surface area contributed by atoms with Gasteiger partial charge in [-0.3, -0.25) is 0 Å². The molecule has 62 heavy (non-hydrogen) atoms. The van der Waals surface area contributed by atoms with Crippen molar-refractivity contribution >= 4 is 150 Å². The van der Waals surface area contributed by atoms with Crippen LogP contribution in [0, 0.1) is 0 Å². The number of hydrogen-bond donors (Lipinski definition) is 0. The van der Waals surface area contributed by atoms with Gasteiger partial charge in [0.25, 0.3) is 0 Å². The Morgan fingerprint density at radius 3 is 1.16 bits per heavy atom. The summed E-state index contributed by atoms with van der Waals surface area (Å²) >= 11 is 3.80. The van der Waals surface area contributed by atoms with Gasteiger partial charge in [-0.2, -0.15) is 0 Å². The van der Waals surface area contributed by atoms with Gasteiger partial charge in [0.2, 0.25) is 0 Å². The minimum atomic E-state index is 0.908. The standard InChI is InChI=1S/C58H30O2S2/c1-5-19-49-33(11-1)39-15-9-17-41(55(39)59-49)47-29-31-27-46-32(28-45(31)53-37(47)23-25-43-35-13-3-7-21-51(35)61-57(43)53)30-48(42-18-10-16-40-34-12-2-6-20-50(34)60-56(40)42)38-24-26-44-36-14-4-8-22-52(36)62-58(44)54(38)46/h1-30H. The van der Waals surface area contributed by atoms with Crippen molar-refractivity contribution in [1.29, 1.82) is 0 Å². The molecule has 0 amide bonds. The van der Waals surface area contributed by atoms with E-state index in [4.69, 9.17) is 8.83 Å². The van der Waals surface area contributed by atoms with Crippen molar-refractivity contribution in [3.05, 3.63) is 182 Å². The van der Waals surface area contributed by atoms with Crippen molar-refractivity contribution in [3.63, 3.8) is 0 Å². The second kappa shape index (κ2) is 12.1. The predicted octanol–water partition coefficient (Wildman–Crippen LogP) is 18.2. The van der Waals surface area contributed by atoms with Crippen molar-refractivity contribution in [1.82, 2.24) is 0 Å². The van der Waals surface area contributed by atoms with Crippen LogP contribution in [0.4, 0.5) is 0 Å². The molecule has 0 saturated heterocycles. The second-order valence-corrected chi connectivity index (χ2v) is 18.7. The molecule has 0 radical (unpaired) electrons. The lowest BCUT2D eigenvalue weighted by Crippen LogP contribution is -1.89. The average molecular weight is 823 g/mol. The lowest BCUT2D eigenvalue weighted by atomic mass is 9.87. The Bertz CT molecular complexity index is 4170. The Hall–Kier alpha value is -7.50. The molecular formula is C58H30O2S2. The van der Waals surface area contributed by atoms with Gasteiger partial charge >= 0.3 is 0 Å². The summed E-state index contributed by atoms with van der Waals surface area (Å²) in [5, 5.41) is 19.7. The molecule has 15 rings (SSSR count). The molecule has 0 bridgehead atoms. The van der Waals surface area contributed by atoms with Gasteiger partial charge in [0.1, 0.15) is 22.3 Å². The van der Waals surface area contributed by atoms with E-state index in [1.54, 1.807) is 0 Å². The summed E-state index contributed by atoms with van der Waals surface area (Å²) in [6.45, 7) is 0. The SMILES string of the molecule is c1ccc2c(c1)oc1c(-c3cc4cc5c(cc(-c6cccc7c6oc6ccccc67)c6ccc7c8ccccc8sc7c65)cc4c4c3ccc3c5ccccc5sc34)cccc12. The van der Waals surface area contributed by atoms with Gasteiger partial charge in [-0.15, -0.1) is 22.7 Å². The zero-order valence-corrected chi connectivity index (χ0v) is 34.6. The first kappa shape index (κ1) is 33.2. The summed E-state index contributed by atoms with van der Waals surface area (Å²) in [4.78, 5) is 0. The summed E-state index contributed by atoms with van der Waals surface area (Å²) in [5.74, 6) is 0. The number of para-hydroxylation sites is 4. The molecule has 286 valence electrons. The molecule has 11 aromatic carbocycles. The van der Waals surface area contributed by atoms with Gasteiger partial charge in [-0.25, -0.2) is 0 Å². The van der Waals surface area contributed by atoms with Crippen LogP contribution < -0.4 is 0 Å². The molecule has 0 aliphatic rings. The maximum atomic E-state index is 6.74. The zero-order valence-electron chi connectivity index (χ0n) is 33.0. The van der Waals surface area contributed by atoms with Crippen LogP contribution in [0.2, 0.25) is 0 Å². The van der Waals surface area contributed by atoms with Crippen molar-refractivity contribution < 1.29 is 8.83 Å². The molecule has 0 aliphatic carbocycles. The number of fused-ring (bicyclic) bond motifs is 20. The molecule has 0 unspecified atom stereocenters. The van der Waals surface area contributed by atoms with E-state index >= 15 is 0 Å². The minimum Gasteiger partial charge on any atom is -0.455 e. The molecule has 0 atom stereocenters. The van der Waals surface area contributed by atoms with Crippen LogP contribution in [-0.2, 0) is 0 Å². The number of rotatable bonds is 2. The van der Waals surface area contributed by atoms with Crippen LogP contribution in [0.25, 0.3) is 150 Å². The quantitative estimate of drug-likeness (QED) is 0.128. The van der Waals surface area contributed by atoms with Crippen LogP contribution in [0.3, 0.4) is 0 Å². The van der Waals surface area contributed by atoms with Crippen molar-refractivity contribution in [2.24, 2.45) is 0 Å². The lowest BCUT2D eigenvalue weighted by Gasteiger charge is -2.16. The number of thiophene rings is 2. The molecule has 4 aromatic heterocycles. The third kappa shape index (κ3) is 4.37. The maximum absolute atomic E-state index is 6.74. The van der Waals surface area contributed by atoms with Crippen molar-refractivity contribution in [3.8, 4) is 22.3 Å². The summed E-state index contributed by atoms with van der Waals surface area (Å²) in [6.07, 6.45) is 0. The van der Waals surface area contributed by atoms with Crippen LogP contribution in [0.1, 0.15) is 0 Å². The van der Waals surface area contributed by atoms with E-state index < -0.39 is 0 Å². The van der Waals surface area contributed by atoms with Gasteiger partial charge in [0.05, 0.1) is 0 Å². The summed E-state index contributed by atoms with van der Waals surface area (Å²) in [6, 6.07) is 66.9. The maximum Gasteiger partial charge on any atom is 0.143 e. The fourth-order valence-corrected chi connectivity index (χ4v) is 13.2. The van der Waals surface area contributed by atoms with Crippen LogP contribution in [0.15, 0.2) is 191 Å². The largest absolute Gasteiger partial charge is 0.455 e. The first-order valence-corrected chi connectivity index (χ1v) is 22.7. The fraction of sp³-hybridized carbons (Fsp3) is 0. The smallest absolute Gasteiger partial charge is 0.143 e.